The molecule has 0 saturated heterocycles. The maximum atomic E-state index is 5.90. The van der Waals surface area contributed by atoms with Gasteiger partial charge in [-0.3, -0.25) is 5.01 Å². The lowest BCUT2D eigenvalue weighted by molar-refractivity contribution is 0.306. The first-order chi connectivity index (χ1) is 12.8. The molecule has 1 unspecified atom stereocenters. The predicted molar refractivity (Wildman–Crippen MR) is 104 cm³/mol. The van der Waals surface area contributed by atoms with Crippen molar-refractivity contribution >= 4 is 23.5 Å². The van der Waals surface area contributed by atoms with Crippen LogP contribution in [0.5, 0.6) is 5.75 Å². The molecule has 1 aromatic heterocycles. The molecule has 0 radical (unpaired) electrons. The first-order valence-electron chi connectivity index (χ1n) is 8.31. The number of fused-ring (bicyclic) bond motifs is 3. The summed E-state index contributed by atoms with van der Waals surface area (Å²) in [7, 11) is 0. The van der Waals surface area contributed by atoms with Gasteiger partial charge >= 0.3 is 0 Å². The maximum Gasteiger partial charge on any atom is 0.216 e. The van der Waals surface area contributed by atoms with E-state index in [-0.39, 0.29) is 5.37 Å². The molecule has 7 heteroatoms. The second-order valence-electron chi connectivity index (χ2n) is 6.08. The summed E-state index contributed by atoms with van der Waals surface area (Å²) in [5.41, 5.74) is 2.40. The molecule has 26 heavy (non-hydrogen) atoms. The van der Waals surface area contributed by atoms with Crippen LogP contribution in [0, 0.1) is 6.92 Å². The zero-order chi connectivity index (χ0) is 17.5. The highest BCUT2D eigenvalue weighted by atomic mass is 32.2. The molecule has 0 saturated carbocycles. The van der Waals surface area contributed by atoms with Gasteiger partial charge in [-0.05, 0) is 41.9 Å². The highest BCUT2D eigenvalue weighted by molar-refractivity contribution is 8.07. The van der Waals surface area contributed by atoms with Crippen LogP contribution in [-0.4, -0.2) is 14.9 Å². The van der Waals surface area contributed by atoms with E-state index in [0.717, 1.165) is 16.7 Å². The van der Waals surface area contributed by atoms with Gasteiger partial charge in [-0.1, -0.05) is 54.2 Å². The zero-order valence-electron chi connectivity index (χ0n) is 14.1. The summed E-state index contributed by atoms with van der Waals surface area (Å²) in [6.07, 6.45) is 0. The Morgan fingerprint density at radius 1 is 1.04 bits per heavy atom. The first-order valence-corrected chi connectivity index (χ1v) is 10.1. The topological polar surface area (TPSA) is 43.2 Å². The normalized spacial score (nSPS) is 17.8. The monoisotopic (exact) mass is 380 g/mol. The predicted octanol–water partition coefficient (Wildman–Crippen LogP) is 4.45. The van der Waals surface area contributed by atoms with Crippen LogP contribution in [0.15, 0.2) is 70.2 Å². The number of aryl methyl sites for hydroxylation is 1. The van der Waals surface area contributed by atoms with Gasteiger partial charge in [0.15, 0.2) is 5.82 Å². The molecule has 5 nitrogen and oxygen atoms in total. The van der Waals surface area contributed by atoms with Crippen LogP contribution in [0.3, 0.4) is 0 Å². The molecule has 5 rings (SSSR count). The van der Waals surface area contributed by atoms with Gasteiger partial charge in [-0.2, -0.15) is 0 Å². The van der Waals surface area contributed by atoms with Crippen molar-refractivity contribution in [2.75, 3.05) is 5.01 Å². The smallest absolute Gasteiger partial charge is 0.216 e. The molecule has 0 aliphatic carbocycles. The van der Waals surface area contributed by atoms with E-state index in [2.05, 4.69) is 49.6 Å². The molecule has 0 fully saturated rings. The average Bonchev–Trinajstić information content (AvgIpc) is 3.34. The Bertz CT molecular complexity index is 969. The third-order valence-corrected chi connectivity index (χ3v) is 6.53. The minimum absolute atomic E-state index is 0.191. The SMILES string of the molecule is Cc1nnc2n1N1C(=CSC1c1ccc(OCc3ccccc3)cc1)S2. The van der Waals surface area contributed by atoms with E-state index in [4.69, 9.17) is 4.74 Å². The van der Waals surface area contributed by atoms with Crippen molar-refractivity contribution < 1.29 is 4.74 Å². The van der Waals surface area contributed by atoms with Gasteiger partial charge in [-0.15, -0.1) is 10.2 Å². The Balaban J connectivity index is 1.33. The number of benzene rings is 2. The van der Waals surface area contributed by atoms with E-state index in [1.807, 2.05) is 37.3 Å². The Labute approximate surface area is 160 Å². The number of aromatic nitrogens is 3. The number of nitrogens with zero attached hydrogens (tertiary/aromatic N) is 4. The second-order valence-corrected chi connectivity index (χ2v) is 8.02. The number of rotatable bonds is 4. The lowest BCUT2D eigenvalue weighted by Gasteiger charge is -2.25. The van der Waals surface area contributed by atoms with Gasteiger partial charge in [0.1, 0.15) is 22.8 Å². The third-order valence-electron chi connectivity index (χ3n) is 4.34. The van der Waals surface area contributed by atoms with Crippen LogP contribution in [0.4, 0.5) is 0 Å². The molecule has 0 amide bonds. The van der Waals surface area contributed by atoms with Crippen LogP contribution in [0.2, 0.25) is 0 Å². The summed E-state index contributed by atoms with van der Waals surface area (Å²) in [5.74, 6) is 1.79. The molecule has 2 aliphatic rings. The minimum Gasteiger partial charge on any atom is -0.489 e. The fraction of sp³-hybridized carbons (Fsp3) is 0.158. The molecule has 2 aromatic carbocycles. The standard InChI is InChI=1S/C19H16N4OS2/c1-13-20-21-19-22(13)23-17(26-19)12-25-18(23)15-7-9-16(10-8-15)24-11-14-5-3-2-4-6-14/h2-10,12,18H,11H2,1H3. The molecule has 2 aliphatic heterocycles. The molecular formula is C19H16N4OS2. The van der Waals surface area contributed by atoms with E-state index in [0.29, 0.717) is 6.61 Å². The molecule has 0 bridgehead atoms. The van der Waals surface area contributed by atoms with Gasteiger partial charge in [0, 0.05) is 5.41 Å². The average molecular weight is 380 g/mol. The summed E-state index contributed by atoms with van der Waals surface area (Å²) in [6.45, 7) is 2.57. The lowest BCUT2D eigenvalue weighted by Crippen LogP contribution is -2.30. The van der Waals surface area contributed by atoms with Crippen molar-refractivity contribution in [2.24, 2.45) is 0 Å². The first kappa shape index (κ1) is 15.8. The van der Waals surface area contributed by atoms with Gasteiger partial charge < -0.3 is 4.74 Å². The molecule has 3 aromatic rings. The lowest BCUT2D eigenvalue weighted by atomic mass is 10.2. The second kappa shape index (κ2) is 6.41. The van der Waals surface area contributed by atoms with E-state index < -0.39 is 0 Å². The molecule has 3 heterocycles. The Morgan fingerprint density at radius 2 is 1.85 bits per heavy atom. The van der Waals surface area contributed by atoms with E-state index in [1.54, 1.807) is 23.5 Å². The Morgan fingerprint density at radius 3 is 2.65 bits per heavy atom. The largest absolute Gasteiger partial charge is 0.489 e. The van der Waals surface area contributed by atoms with Crippen molar-refractivity contribution in [3.63, 3.8) is 0 Å². The van der Waals surface area contributed by atoms with Crippen LogP contribution in [0.25, 0.3) is 0 Å². The zero-order valence-corrected chi connectivity index (χ0v) is 15.7. The number of hydrogen-bond donors (Lipinski definition) is 0. The van der Waals surface area contributed by atoms with Gasteiger partial charge in [0.05, 0.1) is 0 Å². The maximum absolute atomic E-state index is 5.90. The van der Waals surface area contributed by atoms with Crippen LogP contribution in [0.1, 0.15) is 22.3 Å². The quantitative estimate of drug-likeness (QED) is 0.666. The Hall–Kier alpha value is -2.38. The van der Waals surface area contributed by atoms with Crippen molar-refractivity contribution in [3.8, 4) is 5.75 Å². The molecule has 0 spiro atoms. The molecular weight excluding hydrogens is 364 g/mol. The fourth-order valence-electron chi connectivity index (χ4n) is 3.06. The van der Waals surface area contributed by atoms with Gasteiger partial charge in [0.2, 0.25) is 5.16 Å². The molecule has 0 N–H and O–H groups in total. The number of hydrogen-bond acceptors (Lipinski definition) is 6. The van der Waals surface area contributed by atoms with Gasteiger partial charge in [-0.25, -0.2) is 4.68 Å². The molecule has 1 atom stereocenters. The van der Waals surface area contributed by atoms with E-state index in [9.17, 15) is 0 Å². The summed E-state index contributed by atoms with van der Waals surface area (Å²) in [6, 6.07) is 18.6. The van der Waals surface area contributed by atoms with Gasteiger partial charge in [0.25, 0.3) is 0 Å². The van der Waals surface area contributed by atoms with Crippen LogP contribution >= 0.6 is 23.5 Å². The highest BCUT2D eigenvalue weighted by Crippen LogP contribution is 2.51. The minimum atomic E-state index is 0.191. The number of thioether (sulfide) groups is 2. The van der Waals surface area contributed by atoms with Crippen molar-refractivity contribution in [1.29, 1.82) is 0 Å². The summed E-state index contributed by atoms with van der Waals surface area (Å²) >= 11 is 3.47. The Kier molecular flexibility index (Phi) is 3.90. The molecule has 130 valence electrons. The fourth-order valence-corrected chi connectivity index (χ4v) is 5.33. The van der Waals surface area contributed by atoms with E-state index >= 15 is 0 Å². The van der Waals surface area contributed by atoms with E-state index in [1.165, 1.54) is 16.2 Å². The van der Waals surface area contributed by atoms with Crippen molar-refractivity contribution in [3.05, 3.63) is 82.0 Å². The van der Waals surface area contributed by atoms with Crippen molar-refractivity contribution in [2.45, 2.75) is 24.1 Å². The van der Waals surface area contributed by atoms with Crippen LogP contribution < -0.4 is 9.75 Å². The highest BCUT2D eigenvalue weighted by Gasteiger charge is 2.38. The summed E-state index contributed by atoms with van der Waals surface area (Å²) < 4.78 is 7.99. The summed E-state index contributed by atoms with van der Waals surface area (Å²) in [4.78, 5) is 0. The van der Waals surface area contributed by atoms with Crippen molar-refractivity contribution in [1.82, 2.24) is 14.9 Å². The van der Waals surface area contributed by atoms with Crippen LogP contribution in [-0.2, 0) is 6.61 Å². The third kappa shape index (κ3) is 2.68. The number of ether oxygens (including phenoxy) is 1. The summed E-state index contributed by atoms with van der Waals surface area (Å²) in [5, 5.41) is 15.2.